The summed E-state index contributed by atoms with van der Waals surface area (Å²) >= 11 is 12.3. The van der Waals surface area contributed by atoms with Gasteiger partial charge >= 0.3 is 0 Å². The van der Waals surface area contributed by atoms with E-state index < -0.39 is 0 Å². The first-order chi connectivity index (χ1) is 13.2. The van der Waals surface area contributed by atoms with Crippen molar-refractivity contribution in [1.82, 2.24) is 9.55 Å². The van der Waals surface area contributed by atoms with E-state index in [1.54, 1.807) is 0 Å². The molecule has 0 aliphatic carbocycles. The summed E-state index contributed by atoms with van der Waals surface area (Å²) in [5, 5.41) is 1.16. The molecule has 0 amide bonds. The minimum Gasteiger partial charge on any atom is -0.323 e. The number of fused-ring (bicyclic) bond motifs is 1. The molecule has 2 nitrogen and oxygen atoms in total. The van der Waals surface area contributed by atoms with E-state index >= 15 is 0 Å². The lowest BCUT2D eigenvalue weighted by molar-refractivity contribution is 0.722. The predicted molar refractivity (Wildman–Crippen MR) is 114 cm³/mol. The summed E-state index contributed by atoms with van der Waals surface area (Å²) in [6, 6.07) is 23.5. The maximum absolute atomic E-state index is 6.20. The van der Waals surface area contributed by atoms with Crippen LogP contribution in [0.4, 0.5) is 0 Å². The van der Waals surface area contributed by atoms with Crippen LogP contribution in [0, 0.1) is 6.07 Å². The van der Waals surface area contributed by atoms with Crippen molar-refractivity contribution in [2.24, 2.45) is 0 Å². The summed E-state index contributed by atoms with van der Waals surface area (Å²) in [4.78, 5) is 4.91. The van der Waals surface area contributed by atoms with Gasteiger partial charge in [-0.1, -0.05) is 66.5 Å². The van der Waals surface area contributed by atoms with E-state index in [2.05, 4.69) is 41.8 Å². The van der Waals surface area contributed by atoms with Crippen molar-refractivity contribution in [3.8, 4) is 11.1 Å². The van der Waals surface area contributed by atoms with Gasteiger partial charge in [-0.15, -0.1) is 0 Å². The van der Waals surface area contributed by atoms with Gasteiger partial charge in [0.15, 0.2) is 0 Å². The Morgan fingerprint density at radius 2 is 1.89 bits per heavy atom. The van der Waals surface area contributed by atoms with Crippen molar-refractivity contribution in [2.75, 3.05) is 0 Å². The van der Waals surface area contributed by atoms with Gasteiger partial charge in [-0.2, -0.15) is 0 Å². The molecular formula is C23H19Cl2N2. The summed E-state index contributed by atoms with van der Waals surface area (Å²) in [7, 11) is 0. The number of halogens is 2. The molecule has 1 heterocycles. The third-order valence-corrected chi connectivity index (χ3v) is 5.38. The first kappa shape index (κ1) is 18.1. The largest absolute Gasteiger partial charge is 0.323 e. The van der Waals surface area contributed by atoms with E-state index in [4.69, 9.17) is 28.2 Å². The Morgan fingerprint density at radius 1 is 1.00 bits per heavy atom. The lowest BCUT2D eigenvalue weighted by atomic mass is 10.1. The van der Waals surface area contributed by atoms with Gasteiger partial charge in [-0.25, -0.2) is 4.98 Å². The van der Waals surface area contributed by atoms with Crippen molar-refractivity contribution in [3.63, 3.8) is 0 Å². The molecule has 0 saturated carbocycles. The molecule has 1 radical (unpaired) electrons. The number of hydrogen-bond donors (Lipinski definition) is 0. The molecule has 0 fully saturated rings. The van der Waals surface area contributed by atoms with Crippen LogP contribution in [0.5, 0.6) is 0 Å². The predicted octanol–water partition coefficient (Wildman–Crippen LogP) is 6.81. The Hall–Kier alpha value is -2.29. The molecule has 0 saturated heterocycles. The molecule has 0 N–H and O–H groups in total. The van der Waals surface area contributed by atoms with Crippen LogP contribution in [-0.4, -0.2) is 9.55 Å². The van der Waals surface area contributed by atoms with Gasteiger partial charge in [-0.05, 0) is 53.4 Å². The molecule has 1 aromatic heterocycles. The van der Waals surface area contributed by atoms with Crippen molar-refractivity contribution < 1.29 is 0 Å². The second-order valence-electron chi connectivity index (χ2n) is 6.59. The van der Waals surface area contributed by atoms with Crippen LogP contribution in [0.2, 0.25) is 10.0 Å². The smallest absolute Gasteiger partial charge is 0.110 e. The highest BCUT2D eigenvalue weighted by molar-refractivity contribution is 6.42. The number of aryl methyl sites for hydroxylation is 1. The lowest BCUT2D eigenvalue weighted by Crippen LogP contribution is -2.05. The minimum absolute atomic E-state index is 0.577. The molecule has 4 rings (SSSR count). The molecule has 27 heavy (non-hydrogen) atoms. The maximum Gasteiger partial charge on any atom is 0.110 e. The van der Waals surface area contributed by atoms with Gasteiger partial charge in [0.1, 0.15) is 5.82 Å². The summed E-state index contributed by atoms with van der Waals surface area (Å²) < 4.78 is 2.27. The highest BCUT2D eigenvalue weighted by Crippen LogP contribution is 2.27. The summed E-state index contributed by atoms with van der Waals surface area (Å²) in [5.41, 5.74) is 5.46. The van der Waals surface area contributed by atoms with E-state index in [1.807, 2.05) is 36.4 Å². The zero-order valence-corrected chi connectivity index (χ0v) is 16.6. The average Bonchev–Trinajstić information content (AvgIpc) is 3.02. The third-order valence-electron chi connectivity index (χ3n) is 4.65. The van der Waals surface area contributed by atoms with Crippen LogP contribution in [0.3, 0.4) is 0 Å². The average molecular weight is 394 g/mol. The van der Waals surface area contributed by atoms with E-state index in [0.29, 0.717) is 10.0 Å². The highest BCUT2D eigenvalue weighted by atomic mass is 35.5. The van der Waals surface area contributed by atoms with Gasteiger partial charge in [0.25, 0.3) is 0 Å². The maximum atomic E-state index is 6.20. The normalized spacial score (nSPS) is 11.2. The topological polar surface area (TPSA) is 17.8 Å². The zero-order chi connectivity index (χ0) is 18.8. The van der Waals surface area contributed by atoms with Crippen molar-refractivity contribution in [1.29, 1.82) is 0 Å². The SMILES string of the molecule is CCCc1nc2cc(-c3[c]cccc3)ccc2n1Cc1ccc(Cl)c(Cl)c1. The van der Waals surface area contributed by atoms with Crippen molar-refractivity contribution >= 4 is 34.2 Å². The highest BCUT2D eigenvalue weighted by Gasteiger charge is 2.12. The Kier molecular flexibility index (Phi) is 5.20. The summed E-state index contributed by atoms with van der Waals surface area (Å²) in [5.74, 6) is 1.09. The molecule has 3 aromatic carbocycles. The fourth-order valence-corrected chi connectivity index (χ4v) is 3.65. The Labute approximate surface area is 169 Å². The fraction of sp³-hybridized carbons (Fsp3) is 0.174. The van der Waals surface area contributed by atoms with Gasteiger partial charge < -0.3 is 4.57 Å². The first-order valence-electron chi connectivity index (χ1n) is 9.06. The molecule has 4 aromatic rings. The monoisotopic (exact) mass is 393 g/mol. The van der Waals surface area contributed by atoms with E-state index in [-0.39, 0.29) is 0 Å². The molecule has 0 spiro atoms. The van der Waals surface area contributed by atoms with Gasteiger partial charge in [0.05, 0.1) is 21.1 Å². The summed E-state index contributed by atoms with van der Waals surface area (Å²) in [6.07, 6.45) is 1.98. The van der Waals surface area contributed by atoms with Crippen LogP contribution in [-0.2, 0) is 13.0 Å². The number of nitrogens with zero attached hydrogens (tertiary/aromatic N) is 2. The number of aromatic nitrogens is 2. The number of rotatable bonds is 5. The fourth-order valence-electron chi connectivity index (χ4n) is 3.33. The zero-order valence-electron chi connectivity index (χ0n) is 15.0. The Bertz CT molecular complexity index is 1080. The summed E-state index contributed by atoms with van der Waals surface area (Å²) in [6.45, 7) is 2.90. The molecule has 0 aliphatic heterocycles. The number of benzene rings is 3. The Morgan fingerprint density at radius 3 is 2.63 bits per heavy atom. The first-order valence-corrected chi connectivity index (χ1v) is 9.81. The van der Waals surface area contributed by atoms with Crippen LogP contribution < -0.4 is 0 Å². The second-order valence-corrected chi connectivity index (χ2v) is 7.41. The van der Waals surface area contributed by atoms with Crippen LogP contribution in [0.15, 0.2) is 60.7 Å². The van der Waals surface area contributed by atoms with Gasteiger partial charge in [-0.3, -0.25) is 0 Å². The van der Waals surface area contributed by atoms with Crippen molar-refractivity contribution in [2.45, 2.75) is 26.3 Å². The van der Waals surface area contributed by atoms with E-state index in [9.17, 15) is 0 Å². The van der Waals surface area contributed by atoms with Crippen LogP contribution >= 0.6 is 23.2 Å². The minimum atomic E-state index is 0.577. The van der Waals surface area contributed by atoms with E-state index in [1.165, 1.54) is 0 Å². The number of imidazole rings is 1. The quantitative estimate of drug-likeness (QED) is 0.364. The molecule has 0 aliphatic rings. The molecule has 135 valence electrons. The third kappa shape index (κ3) is 3.73. The number of hydrogen-bond acceptors (Lipinski definition) is 1. The Balaban J connectivity index is 1.78. The molecule has 0 unspecified atom stereocenters. The van der Waals surface area contributed by atoms with E-state index in [0.717, 1.165) is 52.9 Å². The standard InChI is InChI=1S/C23H19Cl2N2/c1-2-6-23-26-21-14-18(17-7-4-3-5-8-17)10-12-22(21)27(23)15-16-9-11-19(24)20(25)13-16/h3-5,7,9-14H,2,6,15H2,1H3. The lowest BCUT2D eigenvalue weighted by Gasteiger charge is -2.10. The van der Waals surface area contributed by atoms with Gasteiger partial charge in [0.2, 0.25) is 0 Å². The molecule has 0 atom stereocenters. The van der Waals surface area contributed by atoms with Crippen molar-refractivity contribution in [3.05, 3.63) is 88.2 Å². The van der Waals surface area contributed by atoms with Crippen LogP contribution in [0.1, 0.15) is 24.7 Å². The molecular weight excluding hydrogens is 375 g/mol. The van der Waals surface area contributed by atoms with Crippen LogP contribution in [0.25, 0.3) is 22.2 Å². The second kappa shape index (κ2) is 7.75. The van der Waals surface area contributed by atoms with Gasteiger partial charge in [0, 0.05) is 13.0 Å². The molecule has 4 heteroatoms. The molecule has 0 bridgehead atoms.